The summed E-state index contributed by atoms with van der Waals surface area (Å²) in [6.45, 7) is 2.55. The van der Waals surface area contributed by atoms with Gasteiger partial charge in [0.1, 0.15) is 5.56 Å². The monoisotopic (exact) mass is 483 g/mol. The number of nitrogens with one attached hydrogen (secondary N) is 1. The number of aromatic hydroxyl groups is 2. The van der Waals surface area contributed by atoms with Crippen molar-refractivity contribution in [1.82, 2.24) is 9.55 Å². The van der Waals surface area contributed by atoms with Gasteiger partial charge in [-0.15, -0.1) is 11.8 Å². The minimum Gasteiger partial charge on any atom is -0.504 e. The minimum absolute atomic E-state index is 0.0418. The van der Waals surface area contributed by atoms with Gasteiger partial charge in [0.25, 0.3) is 5.56 Å². The number of hydrogen-bond acceptors (Lipinski definition) is 7. The number of methoxy groups -OCH3 is 1. The number of hydrogen-bond donors (Lipinski definition) is 3. The van der Waals surface area contributed by atoms with Crippen LogP contribution in [0.2, 0.25) is 0 Å². The Kier molecular flexibility index (Phi) is 6.90. The highest BCUT2D eigenvalue weighted by Crippen LogP contribution is 2.47. The Morgan fingerprint density at radius 2 is 2.06 bits per heavy atom. The zero-order valence-electron chi connectivity index (χ0n) is 18.4. The Balaban J connectivity index is 1.86. The molecule has 1 aliphatic heterocycles. The summed E-state index contributed by atoms with van der Waals surface area (Å²) in [5.41, 5.74) is 1.70. The van der Waals surface area contributed by atoms with Crippen LogP contribution in [0.3, 0.4) is 0 Å². The zero-order valence-corrected chi connectivity index (χ0v) is 20.0. The lowest BCUT2D eigenvalue weighted by molar-refractivity contribution is 0.373. The molecule has 1 aromatic heterocycles. The van der Waals surface area contributed by atoms with Gasteiger partial charge in [-0.2, -0.15) is 0 Å². The molecule has 4 rings (SSSR count). The molecular weight excluding hydrogens is 458 g/mol. The van der Waals surface area contributed by atoms with Crippen LogP contribution in [0.1, 0.15) is 42.6 Å². The van der Waals surface area contributed by atoms with Crippen LogP contribution in [0.5, 0.6) is 17.4 Å². The number of rotatable bonds is 6. The van der Waals surface area contributed by atoms with E-state index in [4.69, 9.17) is 21.9 Å². The van der Waals surface area contributed by atoms with Gasteiger partial charge in [-0.1, -0.05) is 31.5 Å². The standard InChI is InChI=1S/C24H25N3O4S2/c1-3-4-11-27-23(30)21(22(29)26-24(27)32)16-13-20(14-9-10-18(31-2)17(28)12-14)33-19-8-6-5-7-15(19)25-16/h5-10,12,20,28,30H,3-4,11,13H2,1-2H3,(H,26,29,32)/t20-/m0/s1. The number of benzene rings is 2. The molecule has 0 saturated heterocycles. The normalized spacial score (nSPS) is 15.5. The summed E-state index contributed by atoms with van der Waals surface area (Å²) in [4.78, 5) is 21.4. The first kappa shape index (κ1) is 23.1. The van der Waals surface area contributed by atoms with Gasteiger partial charge in [0.2, 0.25) is 5.88 Å². The first-order chi connectivity index (χ1) is 15.9. The second-order valence-electron chi connectivity index (χ2n) is 7.73. The predicted octanol–water partition coefficient (Wildman–Crippen LogP) is 5.48. The topological polar surface area (TPSA) is 99.8 Å². The molecule has 7 nitrogen and oxygen atoms in total. The molecule has 0 amide bonds. The van der Waals surface area contributed by atoms with E-state index in [0.29, 0.717) is 24.4 Å². The van der Waals surface area contributed by atoms with Crippen LogP contribution in [0, 0.1) is 4.77 Å². The first-order valence-electron chi connectivity index (χ1n) is 10.7. The average Bonchev–Trinajstić information content (AvgIpc) is 2.98. The number of H-pyrrole nitrogens is 1. The van der Waals surface area contributed by atoms with Crippen molar-refractivity contribution in [3.05, 3.63) is 68.7 Å². The van der Waals surface area contributed by atoms with Gasteiger partial charge < -0.3 is 14.9 Å². The van der Waals surface area contributed by atoms with Crippen molar-refractivity contribution in [3.8, 4) is 17.4 Å². The number of aromatic amines is 1. The minimum atomic E-state index is -0.468. The fraction of sp³-hybridized carbons (Fsp3) is 0.292. The number of phenolic OH excluding ortho intramolecular Hbond substituents is 1. The molecule has 0 spiro atoms. The third-order valence-electron chi connectivity index (χ3n) is 5.54. The molecule has 2 aromatic carbocycles. The van der Waals surface area contributed by atoms with E-state index in [1.807, 2.05) is 37.3 Å². The highest BCUT2D eigenvalue weighted by molar-refractivity contribution is 7.99. The molecule has 3 aromatic rings. The number of nitrogens with zero attached hydrogens (tertiary/aromatic N) is 2. The molecule has 33 heavy (non-hydrogen) atoms. The number of para-hydroxylation sites is 1. The van der Waals surface area contributed by atoms with E-state index in [9.17, 15) is 15.0 Å². The molecule has 1 atom stereocenters. The van der Waals surface area contributed by atoms with E-state index in [0.717, 1.165) is 29.0 Å². The van der Waals surface area contributed by atoms with E-state index in [2.05, 4.69) is 4.98 Å². The van der Waals surface area contributed by atoms with Crippen LogP contribution in [-0.4, -0.2) is 32.6 Å². The maximum Gasteiger partial charge on any atom is 0.264 e. The van der Waals surface area contributed by atoms with Crippen LogP contribution < -0.4 is 10.3 Å². The van der Waals surface area contributed by atoms with Gasteiger partial charge in [0, 0.05) is 23.1 Å². The van der Waals surface area contributed by atoms with Crippen molar-refractivity contribution in [2.75, 3.05) is 7.11 Å². The number of fused-ring (bicyclic) bond motifs is 1. The maximum atomic E-state index is 13.0. The lowest BCUT2D eigenvalue weighted by atomic mass is 10.0. The Labute approximate surface area is 200 Å². The molecule has 1 aliphatic rings. The summed E-state index contributed by atoms with van der Waals surface area (Å²) in [5, 5.41) is 21.2. The average molecular weight is 484 g/mol. The summed E-state index contributed by atoms with van der Waals surface area (Å²) < 4.78 is 6.92. The van der Waals surface area contributed by atoms with Gasteiger partial charge in [0.15, 0.2) is 16.3 Å². The second-order valence-corrected chi connectivity index (χ2v) is 9.36. The molecule has 0 radical (unpaired) electrons. The van der Waals surface area contributed by atoms with E-state index in [1.165, 1.54) is 7.11 Å². The fourth-order valence-electron chi connectivity index (χ4n) is 3.81. The molecule has 0 unspecified atom stereocenters. The number of phenols is 1. The highest BCUT2D eigenvalue weighted by Gasteiger charge is 2.27. The number of ether oxygens (including phenoxy) is 1. The van der Waals surface area contributed by atoms with Gasteiger partial charge in [-0.25, -0.2) is 0 Å². The summed E-state index contributed by atoms with van der Waals surface area (Å²) in [5.74, 6) is 0.260. The summed E-state index contributed by atoms with van der Waals surface area (Å²) >= 11 is 6.89. The molecule has 172 valence electrons. The fourth-order valence-corrected chi connectivity index (χ4v) is 5.30. The Morgan fingerprint density at radius 3 is 2.79 bits per heavy atom. The number of aliphatic imine (C=N–C) groups is 1. The quantitative estimate of drug-likeness (QED) is 0.401. The molecule has 0 saturated carbocycles. The Hall–Kier alpha value is -3.04. The largest absolute Gasteiger partial charge is 0.504 e. The van der Waals surface area contributed by atoms with Crippen LogP contribution >= 0.6 is 24.0 Å². The van der Waals surface area contributed by atoms with Crippen LogP contribution in [0.4, 0.5) is 5.69 Å². The third-order valence-corrected chi connectivity index (χ3v) is 7.18. The lowest BCUT2D eigenvalue weighted by Crippen LogP contribution is -2.24. The van der Waals surface area contributed by atoms with Crippen molar-refractivity contribution in [3.63, 3.8) is 0 Å². The maximum absolute atomic E-state index is 13.0. The molecule has 0 aliphatic carbocycles. The van der Waals surface area contributed by atoms with Crippen LogP contribution in [0.25, 0.3) is 0 Å². The Morgan fingerprint density at radius 1 is 1.27 bits per heavy atom. The number of unbranched alkanes of at least 4 members (excludes halogenated alkanes) is 1. The van der Waals surface area contributed by atoms with E-state index in [1.54, 1.807) is 28.5 Å². The van der Waals surface area contributed by atoms with Crippen molar-refractivity contribution in [2.45, 2.75) is 42.9 Å². The van der Waals surface area contributed by atoms with Crippen LogP contribution in [0.15, 0.2) is 57.1 Å². The second kappa shape index (κ2) is 9.84. The molecule has 9 heteroatoms. The molecule has 3 N–H and O–H groups in total. The summed E-state index contributed by atoms with van der Waals surface area (Å²) in [6.07, 6.45) is 2.10. The van der Waals surface area contributed by atoms with Crippen molar-refractivity contribution >= 4 is 35.4 Å². The van der Waals surface area contributed by atoms with Crippen molar-refractivity contribution in [2.24, 2.45) is 4.99 Å². The van der Waals surface area contributed by atoms with E-state index < -0.39 is 5.56 Å². The predicted molar refractivity (Wildman–Crippen MR) is 133 cm³/mol. The first-order valence-corrected chi connectivity index (χ1v) is 12.0. The smallest absolute Gasteiger partial charge is 0.264 e. The molecule has 0 fully saturated rings. The number of thioether (sulfide) groups is 1. The van der Waals surface area contributed by atoms with E-state index in [-0.39, 0.29) is 27.2 Å². The third kappa shape index (κ3) is 4.69. The molecular formula is C24H25N3O4S2. The zero-order chi connectivity index (χ0) is 23.5. The van der Waals surface area contributed by atoms with Gasteiger partial charge in [-0.3, -0.25) is 19.3 Å². The summed E-state index contributed by atoms with van der Waals surface area (Å²) in [7, 11) is 1.50. The van der Waals surface area contributed by atoms with Gasteiger partial charge in [-0.05, 0) is 48.5 Å². The Bertz CT molecular complexity index is 1330. The molecule has 0 bridgehead atoms. The number of aromatic nitrogens is 2. The molecule has 2 heterocycles. The van der Waals surface area contributed by atoms with Crippen molar-refractivity contribution < 1.29 is 14.9 Å². The summed E-state index contributed by atoms with van der Waals surface area (Å²) in [6, 6.07) is 12.9. The van der Waals surface area contributed by atoms with Gasteiger partial charge >= 0.3 is 0 Å². The SMILES string of the molecule is CCCCn1c(O)c(C2=Nc3ccccc3S[C@H](c3ccc(OC)c(O)c3)C2)c(=O)[nH]c1=S. The lowest BCUT2D eigenvalue weighted by Gasteiger charge is -2.18. The van der Waals surface area contributed by atoms with Gasteiger partial charge in [0.05, 0.1) is 18.5 Å². The van der Waals surface area contributed by atoms with Crippen molar-refractivity contribution in [1.29, 1.82) is 0 Å². The van der Waals surface area contributed by atoms with Crippen LogP contribution in [-0.2, 0) is 6.54 Å². The highest BCUT2D eigenvalue weighted by atomic mass is 32.2. The van der Waals surface area contributed by atoms with E-state index >= 15 is 0 Å².